The summed E-state index contributed by atoms with van der Waals surface area (Å²) in [5, 5.41) is 10.6. The Hall–Kier alpha value is -3.65. The van der Waals surface area contributed by atoms with E-state index in [1.807, 2.05) is 0 Å². The predicted molar refractivity (Wildman–Crippen MR) is 137 cm³/mol. The van der Waals surface area contributed by atoms with Crippen LogP contribution in [0.5, 0.6) is 0 Å². The lowest BCUT2D eigenvalue weighted by Gasteiger charge is -2.25. The van der Waals surface area contributed by atoms with E-state index < -0.39 is 11.9 Å². The average molecular weight is 530 g/mol. The van der Waals surface area contributed by atoms with Crippen molar-refractivity contribution in [2.24, 2.45) is 0 Å². The number of alkyl halides is 3. The Bertz CT molecular complexity index is 1320. The summed E-state index contributed by atoms with van der Waals surface area (Å²) < 4.78 is 53.5. The van der Waals surface area contributed by atoms with E-state index in [1.165, 1.54) is 30.3 Å². The molecule has 1 aliphatic rings. The molecule has 192 valence electrons. The maximum absolute atomic E-state index is 14.2. The second kappa shape index (κ2) is 11.2. The van der Waals surface area contributed by atoms with Crippen molar-refractivity contribution in [3.63, 3.8) is 0 Å². The third-order valence-electron chi connectivity index (χ3n) is 6.23. The lowest BCUT2D eigenvalue weighted by Crippen LogP contribution is -2.37. The first-order valence-corrected chi connectivity index (χ1v) is 12.0. The van der Waals surface area contributed by atoms with Gasteiger partial charge in [-0.05, 0) is 66.8 Å². The predicted octanol–water partition coefficient (Wildman–Crippen LogP) is 7.36. The van der Waals surface area contributed by atoms with Crippen LogP contribution in [0.4, 0.5) is 23.2 Å². The summed E-state index contributed by atoms with van der Waals surface area (Å²) in [4.78, 5) is 15.0. The van der Waals surface area contributed by atoms with Crippen LogP contribution < -0.4 is 5.32 Å². The van der Waals surface area contributed by atoms with Gasteiger partial charge in [-0.2, -0.15) is 13.2 Å². The second-order valence-electron chi connectivity index (χ2n) is 8.74. The maximum Gasteiger partial charge on any atom is 0.432 e. The smallest absolute Gasteiger partial charge is 0.354 e. The fourth-order valence-electron chi connectivity index (χ4n) is 4.32. The molecule has 0 saturated carbocycles. The third kappa shape index (κ3) is 6.38. The molecule has 9 heteroatoms. The molecule has 0 bridgehead atoms. The number of carbonyl (C=O) groups excluding carboxylic acids is 1. The zero-order chi connectivity index (χ0) is 26.6. The molecule has 1 aliphatic heterocycles. The monoisotopic (exact) mass is 529 g/mol. The van der Waals surface area contributed by atoms with E-state index in [9.17, 15) is 22.4 Å². The number of benzene rings is 3. The molecule has 1 unspecified atom stereocenters. The van der Waals surface area contributed by atoms with Gasteiger partial charge in [-0.1, -0.05) is 54.1 Å². The second-order valence-corrected chi connectivity index (χ2v) is 9.15. The number of hydrogen-bond acceptors (Lipinski definition) is 3. The number of para-hydroxylation sites is 1. The molecule has 37 heavy (non-hydrogen) atoms. The van der Waals surface area contributed by atoms with Crippen molar-refractivity contribution >= 4 is 34.6 Å². The molecule has 0 radical (unpaired) electrons. The molecule has 0 spiro atoms. The molecular weight excluding hydrogens is 506 g/mol. The van der Waals surface area contributed by atoms with Gasteiger partial charge < -0.3 is 10.2 Å². The third-order valence-corrected chi connectivity index (χ3v) is 6.56. The van der Waals surface area contributed by atoms with Crippen molar-refractivity contribution in [2.45, 2.75) is 31.5 Å². The van der Waals surface area contributed by atoms with Gasteiger partial charge >= 0.3 is 6.18 Å². The first-order valence-electron chi connectivity index (χ1n) is 11.7. The Kier molecular flexibility index (Phi) is 7.97. The molecule has 3 aromatic carbocycles. The zero-order valence-corrected chi connectivity index (χ0v) is 20.4. The van der Waals surface area contributed by atoms with Gasteiger partial charge in [0.2, 0.25) is 0 Å². The topological polar surface area (TPSA) is 56.2 Å². The Morgan fingerprint density at radius 1 is 1.03 bits per heavy atom. The summed E-state index contributed by atoms with van der Waals surface area (Å²) in [5.74, 6) is -0.529. The number of nitrogens with one attached hydrogen (secondary N) is 2. The molecule has 0 aliphatic carbocycles. The van der Waals surface area contributed by atoms with E-state index in [1.54, 1.807) is 47.4 Å². The summed E-state index contributed by atoms with van der Waals surface area (Å²) in [5.41, 5.74) is 0.110. The van der Waals surface area contributed by atoms with Gasteiger partial charge in [0, 0.05) is 23.8 Å². The number of anilines is 1. The highest BCUT2D eigenvalue weighted by molar-refractivity contribution is 6.33. The minimum atomic E-state index is -4.83. The molecule has 4 rings (SSSR count). The zero-order valence-electron chi connectivity index (χ0n) is 19.7. The number of carbonyl (C=O) groups is 1. The highest BCUT2D eigenvalue weighted by Crippen LogP contribution is 2.29. The summed E-state index contributed by atoms with van der Waals surface area (Å²) in [6, 6.07) is 19.0. The number of likely N-dealkylation sites (tertiary alicyclic amines) is 1. The SMILES string of the molecule is N=C(/C=C(\Nc1ccccc1Cl)c1ccc(C(=O)N2CCCC2Cc2ccccc2F)cc1)C(F)(F)F. The van der Waals surface area contributed by atoms with Crippen molar-refractivity contribution in [2.75, 3.05) is 11.9 Å². The number of rotatable bonds is 7. The highest BCUT2D eigenvalue weighted by Gasteiger charge is 2.33. The van der Waals surface area contributed by atoms with Crippen LogP contribution >= 0.6 is 11.6 Å². The fraction of sp³-hybridized carbons (Fsp3) is 0.214. The van der Waals surface area contributed by atoms with Crippen LogP contribution in [0.3, 0.4) is 0 Å². The van der Waals surface area contributed by atoms with E-state index in [0.717, 1.165) is 12.8 Å². The average Bonchev–Trinajstić information content (AvgIpc) is 3.33. The van der Waals surface area contributed by atoms with Crippen LogP contribution in [0.25, 0.3) is 5.70 Å². The van der Waals surface area contributed by atoms with E-state index in [2.05, 4.69) is 5.32 Å². The van der Waals surface area contributed by atoms with Crippen LogP contribution in [0.2, 0.25) is 5.02 Å². The van der Waals surface area contributed by atoms with Crippen molar-refractivity contribution in [3.8, 4) is 0 Å². The van der Waals surface area contributed by atoms with Crippen molar-refractivity contribution < 1.29 is 22.4 Å². The summed E-state index contributed by atoms with van der Waals surface area (Å²) in [7, 11) is 0. The summed E-state index contributed by atoms with van der Waals surface area (Å²) in [6.07, 6.45) is -2.18. The van der Waals surface area contributed by atoms with Gasteiger partial charge in [0.05, 0.1) is 10.7 Å². The lowest BCUT2D eigenvalue weighted by atomic mass is 10.0. The van der Waals surface area contributed by atoms with Gasteiger partial charge in [0.1, 0.15) is 11.5 Å². The number of nitrogens with zero attached hydrogens (tertiary/aromatic N) is 1. The van der Waals surface area contributed by atoms with Crippen molar-refractivity contribution in [1.82, 2.24) is 4.90 Å². The molecule has 1 amide bonds. The quantitative estimate of drug-likeness (QED) is 0.248. The van der Waals surface area contributed by atoms with Gasteiger partial charge in [-0.25, -0.2) is 4.39 Å². The Morgan fingerprint density at radius 3 is 2.35 bits per heavy atom. The molecule has 3 aromatic rings. The minimum absolute atomic E-state index is 0.00743. The van der Waals surface area contributed by atoms with Crippen molar-refractivity contribution in [1.29, 1.82) is 5.41 Å². The maximum atomic E-state index is 14.2. The largest absolute Gasteiger partial charge is 0.432 e. The van der Waals surface area contributed by atoms with Crippen LogP contribution in [0.15, 0.2) is 78.9 Å². The summed E-state index contributed by atoms with van der Waals surface area (Å²) in [6.45, 7) is 0.543. The van der Waals surface area contributed by atoms with Crippen LogP contribution in [0, 0.1) is 11.2 Å². The van der Waals surface area contributed by atoms with E-state index in [0.29, 0.717) is 46.4 Å². The first kappa shape index (κ1) is 26.4. The van der Waals surface area contributed by atoms with Crippen LogP contribution in [0.1, 0.15) is 34.3 Å². The van der Waals surface area contributed by atoms with Gasteiger partial charge in [-0.15, -0.1) is 0 Å². The Balaban J connectivity index is 1.57. The molecule has 1 heterocycles. The molecule has 1 atom stereocenters. The Labute approximate surface area is 217 Å². The Morgan fingerprint density at radius 2 is 1.68 bits per heavy atom. The van der Waals surface area contributed by atoms with Gasteiger partial charge in [0.15, 0.2) is 0 Å². The number of halogens is 5. The molecule has 1 saturated heterocycles. The molecule has 4 nitrogen and oxygen atoms in total. The fourth-order valence-corrected chi connectivity index (χ4v) is 4.50. The van der Waals surface area contributed by atoms with Gasteiger partial charge in [0.25, 0.3) is 5.91 Å². The first-order chi connectivity index (χ1) is 17.6. The molecule has 1 fully saturated rings. The molecule has 2 N–H and O–H groups in total. The van der Waals surface area contributed by atoms with Crippen LogP contribution in [-0.2, 0) is 6.42 Å². The lowest BCUT2D eigenvalue weighted by molar-refractivity contribution is -0.0583. The number of allylic oxidation sites excluding steroid dienone is 1. The number of hydrogen-bond donors (Lipinski definition) is 2. The molecular formula is C28H24ClF4N3O. The van der Waals surface area contributed by atoms with E-state index in [4.69, 9.17) is 17.0 Å². The number of amides is 1. The highest BCUT2D eigenvalue weighted by atomic mass is 35.5. The van der Waals surface area contributed by atoms with E-state index >= 15 is 0 Å². The van der Waals surface area contributed by atoms with Crippen molar-refractivity contribution in [3.05, 3.63) is 106 Å². The standard InChI is InChI=1S/C28H24ClF4N3O/c29-22-8-2-4-10-24(22)35-25(17-26(34)28(31,32)33)18-11-13-19(14-12-18)27(37)36-15-5-7-21(36)16-20-6-1-3-9-23(20)30/h1-4,6,8-14,17,21,34-35H,5,7,15-16H2/b25-17-,34-26?. The van der Waals surface area contributed by atoms with Gasteiger partial charge in [-0.3, -0.25) is 10.2 Å². The van der Waals surface area contributed by atoms with Crippen LogP contribution in [-0.4, -0.2) is 35.3 Å². The summed E-state index contributed by atoms with van der Waals surface area (Å²) >= 11 is 6.16. The minimum Gasteiger partial charge on any atom is -0.354 e. The molecule has 0 aromatic heterocycles. The normalized spacial score (nSPS) is 16.1. The van der Waals surface area contributed by atoms with E-state index in [-0.39, 0.29) is 23.5 Å².